The van der Waals surface area contributed by atoms with Gasteiger partial charge in [-0.2, -0.15) is 0 Å². The SMILES string of the molecule is CC(=O)Nc1cccc(C(=O)OCC(=O)Nc2ccccc2C)c1. The first-order valence-electron chi connectivity index (χ1n) is 7.36. The number of anilines is 2. The lowest BCUT2D eigenvalue weighted by atomic mass is 10.2. The van der Waals surface area contributed by atoms with Gasteiger partial charge in [-0.15, -0.1) is 0 Å². The third-order valence-electron chi connectivity index (χ3n) is 3.17. The minimum Gasteiger partial charge on any atom is -0.452 e. The zero-order valence-corrected chi connectivity index (χ0v) is 13.5. The Morgan fingerprint density at radius 1 is 1.00 bits per heavy atom. The molecule has 2 rings (SSSR count). The van der Waals surface area contributed by atoms with Crippen LogP contribution in [0.2, 0.25) is 0 Å². The molecule has 2 amide bonds. The highest BCUT2D eigenvalue weighted by Gasteiger charge is 2.11. The van der Waals surface area contributed by atoms with E-state index in [1.165, 1.54) is 13.0 Å². The zero-order valence-electron chi connectivity index (χ0n) is 13.5. The molecule has 0 saturated carbocycles. The number of hydrogen-bond donors (Lipinski definition) is 2. The topological polar surface area (TPSA) is 84.5 Å². The van der Waals surface area contributed by atoms with E-state index in [-0.39, 0.29) is 11.5 Å². The van der Waals surface area contributed by atoms with Gasteiger partial charge in [-0.25, -0.2) is 4.79 Å². The van der Waals surface area contributed by atoms with E-state index in [0.717, 1.165) is 5.56 Å². The molecule has 0 bridgehead atoms. The van der Waals surface area contributed by atoms with Gasteiger partial charge in [-0.1, -0.05) is 24.3 Å². The van der Waals surface area contributed by atoms with Gasteiger partial charge in [0.25, 0.3) is 5.91 Å². The average Bonchev–Trinajstić information content (AvgIpc) is 2.54. The van der Waals surface area contributed by atoms with Crippen LogP contribution < -0.4 is 10.6 Å². The molecule has 0 aromatic heterocycles. The van der Waals surface area contributed by atoms with Crippen molar-refractivity contribution in [2.45, 2.75) is 13.8 Å². The molecule has 0 aliphatic heterocycles. The van der Waals surface area contributed by atoms with Crippen molar-refractivity contribution >= 4 is 29.2 Å². The first kappa shape index (κ1) is 17.2. The number of carbonyl (C=O) groups excluding carboxylic acids is 3. The fourth-order valence-corrected chi connectivity index (χ4v) is 2.04. The summed E-state index contributed by atoms with van der Waals surface area (Å²) >= 11 is 0. The Balaban J connectivity index is 1.92. The number of nitrogens with one attached hydrogen (secondary N) is 2. The molecule has 0 saturated heterocycles. The molecule has 2 N–H and O–H groups in total. The maximum atomic E-state index is 12.0. The van der Waals surface area contributed by atoms with Crippen LogP contribution in [0.5, 0.6) is 0 Å². The van der Waals surface area contributed by atoms with Crippen LogP contribution in [0.25, 0.3) is 0 Å². The van der Waals surface area contributed by atoms with E-state index in [1.54, 1.807) is 24.3 Å². The van der Waals surface area contributed by atoms with Gasteiger partial charge in [-0.05, 0) is 36.8 Å². The summed E-state index contributed by atoms with van der Waals surface area (Å²) in [6.45, 7) is 2.85. The standard InChI is InChI=1S/C18H18N2O4/c1-12-6-3-4-9-16(12)20-17(22)11-24-18(23)14-7-5-8-15(10-14)19-13(2)21/h3-10H,11H2,1-2H3,(H,19,21)(H,20,22). The van der Waals surface area contributed by atoms with Gasteiger partial charge in [0.05, 0.1) is 5.56 Å². The number of rotatable bonds is 5. The van der Waals surface area contributed by atoms with Gasteiger partial charge >= 0.3 is 5.97 Å². The summed E-state index contributed by atoms with van der Waals surface area (Å²) in [6, 6.07) is 13.6. The van der Waals surface area contributed by atoms with Crippen LogP contribution in [0.4, 0.5) is 11.4 Å². The Kier molecular flexibility index (Phi) is 5.68. The summed E-state index contributed by atoms with van der Waals surface area (Å²) in [7, 11) is 0. The van der Waals surface area contributed by atoms with E-state index in [1.807, 2.05) is 25.1 Å². The second kappa shape index (κ2) is 7.92. The number of para-hydroxylation sites is 1. The molecule has 124 valence electrons. The van der Waals surface area contributed by atoms with Crippen molar-refractivity contribution in [3.05, 3.63) is 59.7 Å². The maximum absolute atomic E-state index is 12.0. The second-order valence-electron chi connectivity index (χ2n) is 5.20. The maximum Gasteiger partial charge on any atom is 0.338 e. The Labute approximate surface area is 139 Å². The smallest absolute Gasteiger partial charge is 0.338 e. The highest BCUT2D eigenvalue weighted by Crippen LogP contribution is 2.14. The van der Waals surface area contributed by atoms with Crippen molar-refractivity contribution in [1.82, 2.24) is 0 Å². The molecule has 0 fully saturated rings. The summed E-state index contributed by atoms with van der Waals surface area (Å²) in [5.41, 5.74) is 2.33. The van der Waals surface area contributed by atoms with E-state index >= 15 is 0 Å². The predicted octanol–water partition coefficient (Wildman–Crippen LogP) is 2.75. The third-order valence-corrected chi connectivity index (χ3v) is 3.17. The fourth-order valence-electron chi connectivity index (χ4n) is 2.04. The first-order valence-corrected chi connectivity index (χ1v) is 7.36. The van der Waals surface area contributed by atoms with Crippen LogP contribution in [-0.4, -0.2) is 24.4 Å². The quantitative estimate of drug-likeness (QED) is 0.828. The highest BCUT2D eigenvalue weighted by molar-refractivity contribution is 5.97. The zero-order chi connectivity index (χ0) is 17.5. The van der Waals surface area contributed by atoms with Gasteiger partial charge in [0.1, 0.15) is 0 Å². The molecular formula is C18H18N2O4. The molecule has 0 aliphatic carbocycles. The van der Waals surface area contributed by atoms with Crippen LogP contribution in [0, 0.1) is 6.92 Å². The molecular weight excluding hydrogens is 308 g/mol. The number of aryl methyl sites for hydroxylation is 1. The molecule has 0 radical (unpaired) electrons. The van der Waals surface area contributed by atoms with E-state index in [4.69, 9.17) is 4.74 Å². The minimum atomic E-state index is -0.637. The summed E-state index contributed by atoms with van der Waals surface area (Å²) in [5.74, 6) is -1.30. The Morgan fingerprint density at radius 2 is 1.75 bits per heavy atom. The van der Waals surface area contributed by atoms with E-state index in [2.05, 4.69) is 10.6 Å². The van der Waals surface area contributed by atoms with Gasteiger partial charge in [0.15, 0.2) is 6.61 Å². The largest absolute Gasteiger partial charge is 0.452 e. The number of esters is 1. The molecule has 2 aromatic carbocycles. The monoisotopic (exact) mass is 326 g/mol. The Morgan fingerprint density at radius 3 is 2.46 bits per heavy atom. The van der Waals surface area contributed by atoms with Crippen LogP contribution in [0.1, 0.15) is 22.8 Å². The van der Waals surface area contributed by atoms with E-state index < -0.39 is 18.5 Å². The van der Waals surface area contributed by atoms with Crippen LogP contribution in [0.3, 0.4) is 0 Å². The molecule has 0 spiro atoms. The average molecular weight is 326 g/mol. The molecule has 6 nitrogen and oxygen atoms in total. The molecule has 6 heteroatoms. The van der Waals surface area contributed by atoms with E-state index in [9.17, 15) is 14.4 Å². The number of amides is 2. The summed E-state index contributed by atoms with van der Waals surface area (Å²) < 4.78 is 5.00. The van der Waals surface area contributed by atoms with Gasteiger partial charge in [0, 0.05) is 18.3 Å². The van der Waals surface area contributed by atoms with Crippen LogP contribution in [0.15, 0.2) is 48.5 Å². The molecule has 0 unspecified atom stereocenters. The lowest BCUT2D eigenvalue weighted by Crippen LogP contribution is -2.21. The molecule has 0 atom stereocenters. The summed E-state index contributed by atoms with van der Waals surface area (Å²) in [6.07, 6.45) is 0. The van der Waals surface area contributed by atoms with Crippen molar-refractivity contribution in [1.29, 1.82) is 0 Å². The highest BCUT2D eigenvalue weighted by atomic mass is 16.5. The van der Waals surface area contributed by atoms with Crippen molar-refractivity contribution in [2.75, 3.05) is 17.2 Å². The van der Waals surface area contributed by atoms with Crippen molar-refractivity contribution in [3.8, 4) is 0 Å². The molecule has 2 aromatic rings. The third kappa shape index (κ3) is 4.95. The van der Waals surface area contributed by atoms with Crippen molar-refractivity contribution in [2.24, 2.45) is 0 Å². The normalized spacial score (nSPS) is 9.92. The minimum absolute atomic E-state index is 0.238. The number of hydrogen-bond acceptors (Lipinski definition) is 4. The van der Waals surface area contributed by atoms with Gasteiger partial charge in [-0.3, -0.25) is 9.59 Å². The Hall–Kier alpha value is -3.15. The number of carbonyl (C=O) groups is 3. The second-order valence-corrected chi connectivity index (χ2v) is 5.20. The molecule has 0 aliphatic rings. The van der Waals surface area contributed by atoms with E-state index in [0.29, 0.717) is 11.4 Å². The van der Waals surface area contributed by atoms with Crippen molar-refractivity contribution < 1.29 is 19.1 Å². The van der Waals surface area contributed by atoms with Crippen molar-refractivity contribution in [3.63, 3.8) is 0 Å². The lowest BCUT2D eigenvalue weighted by molar-refractivity contribution is -0.119. The number of ether oxygens (including phenoxy) is 1. The van der Waals surface area contributed by atoms with Gasteiger partial charge < -0.3 is 15.4 Å². The predicted molar refractivity (Wildman–Crippen MR) is 90.8 cm³/mol. The molecule has 24 heavy (non-hydrogen) atoms. The van der Waals surface area contributed by atoms with Gasteiger partial charge in [0.2, 0.25) is 5.91 Å². The Bertz CT molecular complexity index is 771. The molecule has 0 heterocycles. The van der Waals surface area contributed by atoms with Crippen LogP contribution in [-0.2, 0) is 14.3 Å². The van der Waals surface area contributed by atoms with Crippen LogP contribution >= 0.6 is 0 Å². The fraction of sp³-hybridized carbons (Fsp3) is 0.167. The summed E-state index contributed by atoms with van der Waals surface area (Å²) in [5, 5.41) is 5.26. The lowest BCUT2D eigenvalue weighted by Gasteiger charge is -2.09. The summed E-state index contributed by atoms with van der Waals surface area (Å²) in [4.78, 5) is 34.9. The number of benzene rings is 2. The first-order chi connectivity index (χ1) is 11.5.